The predicted octanol–water partition coefficient (Wildman–Crippen LogP) is 4.36. The number of alkyl halides is 3. The minimum atomic E-state index is -4.72. The Labute approximate surface area is 173 Å². The normalized spacial score (nSPS) is 12.8. The zero-order valence-electron chi connectivity index (χ0n) is 15.2. The Morgan fingerprint density at radius 1 is 1.21 bits per heavy atom. The Kier molecular flexibility index (Phi) is 5.85. The number of anilines is 1. The van der Waals surface area contributed by atoms with Crippen LogP contribution < -0.4 is 5.32 Å². The molecular formula is C17H15Cl2F3N6O. The average Bonchev–Trinajstić information content (AvgIpc) is 3.21. The fourth-order valence-corrected chi connectivity index (χ4v) is 2.94. The van der Waals surface area contributed by atoms with E-state index in [9.17, 15) is 18.0 Å². The Balaban J connectivity index is 1.71. The number of halogens is 5. The van der Waals surface area contributed by atoms with E-state index in [1.54, 1.807) is 12.1 Å². The largest absolute Gasteiger partial charge is 0.436 e. The topological polar surface area (TPSA) is 77.6 Å². The van der Waals surface area contributed by atoms with Crippen LogP contribution in [0.15, 0.2) is 30.6 Å². The average molecular weight is 447 g/mol. The molecule has 3 aromatic rings. The van der Waals surface area contributed by atoms with Gasteiger partial charge in [0.1, 0.15) is 12.4 Å². The minimum Gasteiger partial charge on any atom is -0.291 e. The van der Waals surface area contributed by atoms with Crippen molar-refractivity contribution in [1.29, 1.82) is 0 Å². The van der Waals surface area contributed by atoms with Crippen LogP contribution in [0.3, 0.4) is 0 Å². The first kappa shape index (κ1) is 21.1. The third-order valence-electron chi connectivity index (χ3n) is 4.12. The molecule has 12 heteroatoms. The molecule has 154 valence electrons. The van der Waals surface area contributed by atoms with Gasteiger partial charge in [0, 0.05) is 5.02 Å². The summed E-state index contributed by atoms with van der Waals surface area (Å²) in [6.07, 6.45) is -3.29. The van der Waals surface area contributed by atoms with E-state index < -0.39 is 28.8 Å². The summed E-state index contributed by atoms with van der Waals surface area (Å²) in [4.78, 5) is 16.4. The molecule has 0 fully saturated rings. The molecule has 7 nitrogen and oxygen atoms in total. The zero-order valence-corrected chi connectivity index (χ0v) is 16.7. The van der Waals surface area contributed by atoms with Crippen LogP contribution in [0.4, 0.5) is 19.1 Å². The van der Waals surface area contributed by atoms with E-state index in [0.717, 1.165) is 10.2 Å². The van der Waals surface area contributed by atoms with Crippen molar-refractivity contribution in [3.63, 3.8) is 0 Å². The van der Waals surface area contributed by atoms with Crippen LogP contribution in [-0.2, 0) is 17.5 Å². The van der Waals surface area contributed by atoms with Crippen molar-refractivity contribution in [1.82, 2.24) is 24.5 Å². The van der Waals surface area contributed by atoms with Crippen molar-refractivity contribution in [3.8, 4) is 0 Å². The molecule has 0 aliphatic carbocycles. The third-order valence-corrected chi connectivity index (χ3v) is 4.83. The van der Waals surface area contributed by atoms with Crippen molar-refractivity contribution >= 4 is 35.1 Å². The van der Waals surface area contributed by atoms with E-state index in [4.69, 9.17) is 23.2 Å². The zero-order chi connectivity index (χ0) is 21.3. The summed E-state index contributed by atoms with van der Waals surface area (Å²) in [5, 5.41) is 10.1. The number of nitrogens with one attached hydrogen (secondary N) is 1. The van der Waals surface area contributed by atoms with Gasteiger partial charge in [-0.1, -0.05) is 35.3 Å². The quantitative estimate of drug-likeness (QED) is 0.631. The van der Waals surface area contributed by atoms with Crippen LogP contribution in [0, 0.1) is 6.92 Å². The van der Waals surface area contributed by atoms with Gasteiger partial charge in [-0.15, -0.1) is 5.10 Å². The lowest BCUT2D eigenvalue weighted by Gasteiger charge is -2.13. The van der Waals surface area contributed by atoms with Gasteiger partial charge in [-0.05, 0) is 31.5 Å². The summed E-state index contributed by atoms with van der Waals surface area (Å²) in [6.45, 7) is 3.16. The van der Waals surface area contributed by atoms with Crippen LogP contribution in [0.5, 0.6) is 0 Å². The van der Waals surface area contributed by atoms with Gasteiger partial charge in [0.15, 0.2) is 5.69 Å². The van der Waals surface area contributed by atoms with Crippen LogP contribution >= 0.6 is 23.2 Å². The molecule has 29 heavy (non-hydrogen) atoms. The van der Waals surface area contributed by atoms with Crippen molar-refractivity contribution in [3.05, 3.63) is 57.6 Å². The van der Waals surface area contributed by atoms with Crippen LogP contribution in [0.2, 0.25) is 10.0 Å². The molecule has 0 saturated carbocycles. The number of amides is 1. The smallest absolute Gasteiger partial charge is 0.291 e. The van der Waals surface area contributed by atoms with Crippen molar-refractivity contribution in [2.75, 3.05) is 5.32 Å². The highest BCUT2D eigenvalue weighted by atomic mass is 35.5. The number of hydrogen-bond donors (Lipinski definition) is 1. The number of carbonyl (C=O) groups is 1. The summed E-state index contributed by atoms with van der Waals surface area (Å²) in [7, 11) is 0. The lowest BCUT2D eigenvalue weighted by Crippen LogP contribution is -2.26. The van der Waals surface area contributed by atoms with Crippen molar-refractivity contribution in [2.45, 2.75) is 32.6 Å². The number of carbonyl (C=O) groups excluding carboxylic acids is 1. The summed E-state index contributed by atoms with van der Waals surface area (Å²) >= 11 is 11.6. The molecule has 1 atom stereocenters. The molecule has 2 heterocycles. The van der Waals surface area contributed by atoms with E-state index >= 15 is 0 Å². The van der Waals surface area contributed by atoms with Gasteiger partial charge >= 0.3 is 6.18 Å². The van der Waals surface area contributed by atoms with Crippen LogP contribution in [-0.4, -0.2) is 30.5 Å². The highest BCUT2D eigenvalue weighted by Crippen LogP contribution is 2.36. The molecule has 0 bridgehead atoms. The molecule has 1 aromatic carbocycles. The molecule has 0 radical (unpaired) electrons. The molecule has 0 saturated heterocycles. The second-order valence-electron chi connectivity index (χ2n) is 6.25. The lowest BCUT2D eigenvalue weighted by atomic mass is 10.2. The number of aromatic nitrogens is 5. The second-order valence-corrected chi connectivity index (χ2v) is 7.06. The van der Waals surface area contributed by atoms with E-state index in [1.165, 1.54) is 24.9 Å². The first-order valence-corrected chi connectivity index (χ1v) is 9.08. The van der Waals surface area contributed by atoms with Gasteiger partial charge < -0.3 is 0 Å². The maximum absolute atomic E-state index is 13.0. The minimum absolute atomic E-state index is 0.0164. The highest BCUT2D eigenvalue weighted by Gasteiger charge is 2.39. The Hall–Kier alpha value is -2.59. The first-order valence-electron chi connectivity index (χ1n) is 8.33. The predicted molar refractivity (Wildman–Crippen MR) is 101 cm³/mol. The summed E-state index contributed by atoms with van der Waals surface area (Å²) in [5.41, 5.74) is -0.281. The molecule has 1 amide bonds. The standard InChI is InChI=1S/C17H15Cl2F3N6O/c1-9-13(19)14(17(20,21)22)25-28(9)10(2)15(29)24-16-23-8-27(26-16)7-11-3-5-12(18)6-4-11/h3-6,8,10H,7H2,1-2H3,(H,24,26,29). The molecule has 3 rings (SSSR count). The molecule has 0 spiro atoms. The van der Waals surface area contributed by atoms with Crippen LogP contribution in [0.25, 0.3) is 0 Å². The molecule has 1 N–H and O–H groups in total. The molecule has 2 aromatic heterocycles. The second kappa shape index (κ2) is 8.03. The van der Waals surface area contributed by atoms with Gasteiger partial charge in [-0.2, -0.15) is 18.3 Å². The highest BCUT2D eigenvalue weighted by molar-refractivity contribution is 6.32. The van der Waals surface area contributed by atoms with Gasteiger partial charge in [-0.25, -0.2) is 9.67 Å². The maximum Gasteiger partial charge on any atom is 0.436 e. The number of nitrogens with zero attached hydrogens (tertiary/aromatic N) is 5. The number of hydrogen-bond acceptors (Lipinski definition) is 4. The van der Waals surface area contributed by atoms with Gasteiger partial charge in [-0.3, -0.25) is 14.8 Å². The Morgan fingerprint density at radius 3 is 2.45 bits per heavy atom. The lowest BCUT2D eigenvalue weighted by molar-refractivity contribution is -0.141. The van der Waals surface area contributed by atoms with E-state index in [-0.39, 0.29) is 11.6 Å². The van der Waals surface area contributed by atoms with Gasteiger partial charge in [0.25, 0.3) is 5.91 Å². The SMILES string of the molecule is Cc1c(Cl)c(C(F)(F)F)nn1C(C)C(=O)Nc1ncn(Cc2ccc(Cl)cc2)n1. The van der Waals surface area contributed by atoms with Gasteiger partial charge in [0.05, 0.1) is 17.3 Å². The molecule has 1 unspecified atom stereocenters. The number of rotatable bonds is 5. The Morgan fingerprint density at radius 2 is 1.86 bits per heavy atom. The number of benzene rings is 1. The monoisotopic (exact) mass is 446 g/mol. The van der Waals surface area contributed by atoms with Crippen molar-refractivity contribution < 1.29 is 18.0 Å². The van der Waals surface area contributed by atoms with E-state index in [1.807, 2.05) is 12.1 Å². The van der Waals surface area contributed by atoms with Crippen LogP contribution in [0.1, 0.15) is 29.9 Å². The first-order chi connectivity index (χ1) is 13.6. The maximum atomic E-state index is 13.0. The summed E-state index contributed by atoms with van der Waals surface area (Å²) in [6, 6.07) is 6.07. The third kappa shape index (κ3) is 4.70. The van der Waals surface area contributed by atoms with E-state index in [0.29, 0.717) is 11.6 Å². The van der Waals surface area contributed by atoms with Crippen molar-refractivity contribution in [2.24, 2.45) is 0 Å². The summed E-state index contributed by atoms with van der Waals surface area (Å²) < 4.78 is 41.3. The van der Waals surface area contributed by atoms with E-state index in [2.05, 4.69) is 20.5 Å². The molecule has 0 aliphatic heterocycles. The van der Waals surface area contributed by atoms with Gasteiger partial charge in [0.2, 0.25) is 5.95 Å². The summed E-state index contributed by atoms with van der Waals surface area (Å²) in [5.74, 6) is -0.618. The fourth-order valence-electron chi connectivity index (χ4n) is 2.59. The molecular weight excluding hydrogens is 432 g/mol. The fraction of sp³-hybridized carbons (Fsp3) is 0.294. The Bertz CT molecular complexity index is 1030. The molecule has 0 aliphatic rings.